The highest BCUT2D eigenvalue weighted by molar-refractivity contribution is 9.09. The summed E-state index contributed by atoms with van der Waals surface area (Å²) >= 11 is 3.75. The molecule has 0 saturated carbocycles. The predicted molar refractivity (Wildman–Crippen MR) is 73.1 cm³/mol. The van der Waals surface area contributed by atoms with E-state index in [1.165, 1.54) is 22.3 Å². The lowest BCUT2D eigenvalue weighted by molar-refractivity contribution is 1.16. The van der Waals surface area contributed by atoms with Crippen molar-refractivity contribution in [1.82, 2.24) is 0 Å². The second-order valence-electron chi connectivity index (χ2n) is 4.19. The molecule has 2 aromatic carbocycles. The third-order valence-corrected chi connectivity index (χ3v) is 3.76. The van der Waals surface area contributed by atoms with Crippen LogP contribution in [0.2, 0.25) is 0 Å². The monoisotopic (exact) mass is 274 g/mol. The molecule has 1 unspecified atom stereocenters. The number of hydrogen-bond acceptors (Lipinski definition) is 0. The average Bonchev–Trinajstić information content (AvgIpc) is 2.29. The van der Waals surface area contributed by atoms with Crippen LogP contribution in [0.5, 0.6) is 0 Å². The number of rotatable bonds is 2. The first kappa shape index (κ1) is 11.4. The SMILES string of the molecule is Cc1ccc(C(Br)c2cccc(C)c2)cc1. The lowest BCUT2D eigenvalue weighted by atomic mass is 10.0. The van der Waals surface area contributed by atoms with E-state index in [1.807, 2.05) is 0 Å². The molecule has 16 heavy (non-hydrogen) atoms. The zero-order valence-electron chi connectivity index (χ0n) is 9.57. The van der Waals surface area contributed by atoms with E-state index in [2.05, 4.69) is 78.3 Å². The van der Waals surface area contributed by atoms with Crippen molar-refractivity contribution in [1.29, 1.82) is 0 Å². The van der Waals surface area contributed by atoms with Gasteiger partial charge in [-0.1, -0.05) is 75.6 Å². The highest BCUT2D eigenvalue weighted by Crippen LogP contribution is 2.30. The maximum Gasteiger partial charge on any atom is 0.0644 e. The fraction of sp³-hybridized carbons (Fsp3) is 0.200. The summed E-state index contributed by atoms with van der Waals surface area (Å²) in [5.74, 6) is 0. The summed E-state index contributed by atoms with van der Waals surface area (Å²) in [6.07, 6.45) is 0. The van der Waals surface area contributed by atoms with Crippen LogP contribution in [-0.4, -0.2) is 0 Å². The Labute approximate surface area is 105 Å². The van der Waals surface area contributed by atoms with Gasteiger partial charge in [-0.2, -0.15) is 0 Å². The fourth-order valence-corrected chi connectivity index (χ4v) is 2.35. The van der Waals surface area contributed by atoms with Gasteiger partial charge in [0.15, 0.2) is 0 Å². The van der Waals surface area contributed by atoms with Crippen molar-refractivity contribution in [2.45, 2.75) is 18.7 Å². The van der Waals surface area contributed by atoms with Crippen LogP contribution < -0.4 is 0 Å². The van der Waals surface area contributed by atoms with Gasteiger partial charge in [0.1, 0.15) is 0 Å². The molecule has 0 bridgehead atoms. The molecule has 0 fully saturated rings. The summed E-state index contributed by atoms with van der Waals surface area (Å²) in [4.78, 5) is 0.285. The number of hydrogen-bond donors (Lipinski definition) is 0. The number of aryl methyl sites for hydroxylation is 2. The normalized spacial score (nSPS) is 12.4. The topological polar surface area (TPSA) is 0 Å². The maximum atomic E-state index is 3.75. The van der Waals surface area contributed by atoms with E-state index in [0.29, 0.717) is 0 Å². The minimum Gasteiger partial charge on any atom is -0.0786 e. The second kappa shape index (κ2) is 4.84. The molecule has 0 amide bonds. The van der Waals surface area contributed by atoms with E-state index in [4.69, 9.17) is 0 Å². The Morgan fingerprint density at radius 3 is 2.12 bits per heavy atom. The molecule has 0 radical (unpaired) electrons. The van der Waals surface area contributed by atoms with Gasteiger partial charge in [0, 0.05) is 0 Å². The number of alkyl halides is 1. The molecule has 0 N–H and O–H groups in total. The highest BCUT2D eigenvalue weighted by atomic mass is 79.9. The molecular formula is C15H15Br. The van der Waals surface area contributed by atoms with Crippen LogP contribution in [0, 0.1) is 13.8 Å². The Morgan fingerprint density at radius 1 is 0.812 bits per heavy atom. The van der Waals surface area contributed by atoms with Gasteiger partial charge < -0.3 is 0 Å². The van der Waals surface area contributed by atoms with Gasteiger partial charge in [0.05, 0.1) is 4.83 Å². The highest BCUT2D eigenvalue weighted by Gasteiger charge is 2.09. The molecule has 82 valence electrons. The molecule has 2 aromatic rings. The van der Waals surface area contributed by atoms with Crippen LogP contribution in [0.25, 0.3) is 0 Å². The first-order valence-corrected chi connectivity index (χ1v) is 6.35. The minimum atomic E-state index is 0.285. The Balaban J connectivity index is 2.31. The van der Waals surface area contributed by atoms with E-state index in [1.54, 1.807) is 0 Å². The van der Waals surface area contributed by atoms with Gasteiger partial charge in [-0.05, 0) is 25.0 Å². The quantitative estimate of drug-likeness (QED) is 0.691. The first-order chi connectivity index (χ1) is 7.66. The maximum absolute atomic E-state index is 3.75. The Kier molecular flexibility index (Phi) is 3.45. The minimum absolute atomic E-state index is 0.285. The summed E-state index contributed by atoms with van der Waals surface area (Å²) in [5.41, 5.74) is 5.21. The molecule has 0 heterocycles. The average molecular weight is 275 g/mol. The fourth-order valence-electron chi connectivity index (χ4n) is 1.76. The third-order valence-electron chi connectivity index (χ3n) is 2.70. The van der Waals surface area contributed by atoms with Gasteiger partial charge in [0.25, 0.3) is 0 Å². The van der Waals surface area contributed by atoms with Crippen LogP contribution in [0.1, 0.15) is 27.1 Å². The molecule has 0 saturated heterocycles. The molecule has 0 aliphatic rings. The molecule has 1 heteroatoms. The van der Waals surface area contributed by atoms with Gasteiger partial charge >= 0.3 is 0 Å². The van der Waals surface area contributed by atoms with Crippen LogP contribution in [0.3, 0.4) is 0 Å². The van der Waals surface area contributed by atoms with Crippen molar-refractivity contribution in [2.24, 2.45) is 0 Å². The summed E-state index contributed by atoms with van der Waals surface area (Å²) in [7, 11) is 0. The Bertz CT molecular complexity index is 471. The van der Waals surface area contributed by atoms with Gasteiger partial charge in [-0.25, -0.2) is 0 Å². The summed E-state index contributed by atoms with van der Waals surface area (Å²) in [6, 6.07) is 17.3. The molecule has 2 rings (SSSR count). The lowest BCUT2D eigenvalue weighted by Gasteiger charge is -2.11. The molecule has 0 aliphatic heterocycles. The number of halogens is 1. The standard InChI is InChI=1S/C15H15Br/c1-11-6-8-13(9-7-11)15(16)14-5-3-4-12(2)10-14/h3-10,15H,1-2H3. The van der Waals surface area contributed by atoms with Crippen LogP contribution in [-0.2, 0) is 0 Å². The van der Waals surface area contributed by atoms with E-state index >= 15 is 0 Å². The molecule has 1 atom stereocenters. The molecule has 0 nitrogen and oxygen atoms in total. The Morgan fingerprint density at radius 2 is 1.50 bits per heavy atom. The first-order valence-electron chi connectivity index (χ1n) is 5.44. The zero-order valence-corrected chi connectivity index (χ0v) is 11.2. The van der Waals surface area contributed by atoms with Gasteiger partial charge in [0.2, 0.25) is 0 Å². The second-order valence-corrected chi connectivity index (χ2v) is 5.10. The summed E-state index contributed by atoms with van der Waals surface area (Å²) in [5, 5.41) is 0. The van der Waals surface area contributed by atoms with E-state index in [0.717, 1.165) is 0 Å². The largest absolute Gasteiger partial charge is 0.0786 e. The van der Waals surface area contributed by atoms with Crippen molar-refractivity contribution in [3.05, 3.63) is 70.8 Å². The van der Waals surface area contributed by atoms with Crippen molar-refractivity contribution < 1.29 is 0 Å². The lowest BCUT2D eigenvalue weighted by Crippen LogP contribution is -1.93. The van der Waals surface area contributed by atoms with Crippen LogP contribution >= 0.6 is 15.9 Å². The molecule has 0 aromatic heterocycles. The van der Waals surface area contributed by atoms with E-state index in [-0.39, 0.29) is 4.83 Å². The van der Waals surface area contributed by atoms with Crippen molar-refractivity contribution in [2.75, 3.05) is 0 Å². The van der Waals surface area contributed by atoms with Crippen LogP contribution in [0.15, 0.2) is 48.5 Å². The zero-order chi connectivity index (χ0) is 11.5. The molecular weight excluding hydrogens is 260 g/mol. The molecule has 0 spiro atoms. The predicted octanol–water partition coefficient (Wildman–Crippen LogP) is 4.79. The van der Waals surface area contributed by atoms with Crippen molar-refractivity contribution in [3.8, 4) is 0 Å². The van der Waals surface area contributed by atoms with E-state index in [9.17, 15) is 0 Å². The van der Waals surface area contributed by atoms with Crippen molar-refractivity contribution >= 4 is 15.9 Å². The number of benzene rings is 2. The summed E-state index contributed by atoms with van der Waals surface area (Å²) < 4.78 is 0. The molecule has 0 aliphatic carbocycles. The smallest absolute Gasteiger partial charge is 0.0644 e. The van der Waals surface area contributed by atoms with Crippen molar-refractivity contribution in [3.63, 3.8) is 0 Å². The third kappa shape index (κ3) is 2.53. The van der Waals surface area contributed by atoms with E-state index < -0.39 is 0 Å². The van der Waals surface area contributed by atoms with Crippen LogP contribution in [0.4, 0.5) is 0 Å². The Hall–Kier alpha value is -1.08. The summed E-state index contributed by atoms with van der Waals surface area (Å²) in [6.45, 7) is 4.23. The van der Waals surface area contributed by atoms with Gasteiger partial charge in [-0.3, -0.25) is 0 Å². The van der Waals surface area contributed by atoms with Gasteiger partial charge in [-0.15, -0.1) is 0 Å².